The lowest BCUT2D eigenvalue weighted by Crippen LogP contribution is -2.47. The van der Waals surface area contributed by atoms with Crippen LogP contribution in [0.2, 0.25) is 0 Å². The molecule has 1 aliphatic rings. The van der Waals surface area contributed by atoms with Crippen LogP contribution in [0.1, 0.15) is 11.4 Å². The first-order chi connectivity index (χ1) is 11.1. The van der Waals surface area contributed by atoms with Gasteiger partial charge in [-0.3, -0.25) is 10.3 Å². The molecule has 1 saturated heterocycles. The van der Waals surface area contributed by atoms with E-state index in [4.69, 9.17) is 5.73 Å². The molecule has 1 aliphatic heterocycles. The SMILES string of the molecule is Cc1cc(C)nc(NC(N)=[N+]2CCN(c3ccccc3)CC2)n1. The maximum absolute atomic E-state index is 6.20. The van der Waals surface area contributed by atoms with Gasteiger partial charge in [0, 0.05) is 30.2 Å². The number of anilines is 2. The van der Waals surface area contributed by atoms with Crippen LogP contribution in [0.15, 0.2) is 36.4 Å². The molecule has 0 spiro atoms. The van der Waals surface area contributed by atoms with E-state index in [0.29, 0.717) is 11.9 Å². The lowest BCUT2D eigenvalue weighted by molar-refractivity contribution is -0.530. The minimum absolute atomic E-state index is 0.561. The Morgan fingerprint density at radius 2 is 1.70 bits per heavy atom. The smallest absolute Gasteiger partial charge is 0.351 e. The molecule has 0 saturated carbocycles. The highest BCUT2D eigenvalue weighted by molar-refractivity contribution is 5.86. The van der Waals surface area contributed by atoms with Crippen molar-refractivity contribution >= 4 is 17.6 Å². The second-order valence-electron chi connectivity index (χ2n) is 5.79. The van der Waals surface area contributed by atoms with Crippen molar-refractivity contribution in [1.82, 2.24) is 9.97 Å². The Kier molecular flexibility index (Phi) is 4.41. The number of nitrogens with one attached hydrogen (secondary N) is 1. The molecule has 1 aromatic carbocycles. The minimum atomic E-state index is 0.561. The standard InChI is InChI=1S/C17H22N6/c1-13-12-14(2)20-17(19-13)21-16(18)23-10-8-22(9-11-23)15-6-4-3-5-7-15/h3-7,12H,8-11H2,1-2H3,(H2,18,19,20,21)/p+1. The van der Waals surface area contributed by atoms with Crippen molar-refractivity contribution in [3.05, 3.63) is 47.8 Å². The van der Waals surface area contributed by atoms with Gasteiger partial charge in [0.25, 0.3) is 5.95 Å². The topological polar surface area (TPSA) is 70.1 Å². The molecule has 0 bridgehead atoms. The summed E-state index contributed by atoms with van der Waals surface area (Å²) in [5.41, 5.74) is 9.32. The monoisotopic (exact) mass is 311 g/mol. The summed E-state index contributed by atoms with van der Waals surface area (Å²) in [5.74, 6) is 1.17. The molecule has 0 amide bonds. The maximum Gasteiger partial charge on any atom is 0.351 e. The number of guanidine groups is 1. The van der Waals surface area contributed by atoms with Crippen LogP contribution in [0.5, 0.6) is 0 Å². The number of rotatable bonds is 2. The van der Waals surface area contributed by atoms with E-state index in [9.17, 15) is 0 Å². The Balaban J connectivity index is 1.66. The van der Waals surface area contributed by atoms with Crippen molar-refractivity contribution < 1.29 is 4.58 Å². The third-order valence-electron chi connectivity index (χ3n) is 3.96. The van der Waals surface area contributed by atoms with Crippen molar-refractivity contribution in [2.45, 2.75) is 13.8 Å². The van der Waals surface area contributed by atoms with E-state index in [1.54, 1.807) is 0 Å². The molecule has 0 aliphatic carbocycles. The summed E-state index contributed by atoms with van der Waals surface area (Å²) in [6.45, 7) is 7.54. The first kappa shape index (κ1) is 15.3. The van der Waals surface area contributed by atoms with Gasteiger partial charge < -0.3 is 4.90 Å². The van der Waals surface area contributed by atoms with E-state index in [2.05, 4.69) is 49.0 Å². The maximum atomic E-state index is 6.20. The van der Waals surface area contributed by atoms with Gasteiger partial charge in [-0.15, -0.1) is 0 Å². The molecular weight excluding hydrogens is 288 g/mol. The largest absolute Gasteiger partial charge is 0.365 e. The van der Waals surface area contributed by atoms with Crippen molar-refractivity contribution in [2.24, 2.45) is 5.73 Å². The molecular formula is C17H23N6+. The Hall–Kier alpha value is -2.63. The normalized spacial score (nSPS) is 14.7. The van der Waals surface area contributed by atoms with Gasteiger partial charge in [0.1, 0.15) is 0 Å². The number of aromatic nitrogens is 2. The molecule has 2 aromatic rings. The molecule has 1 aromatic heterocycles. The predicted molar refractivity (Wildman–Crippen MR) is 93.0 cm³/mol. The average molecular weight is 311 g/mol. The van der Waals surface area contributed by atoms with Crippen molar-refractivity contribution in [3.8, 4) is 0 Å². The summed E-state index contributed by atoms with van der Waals surface area (Å²) in [7, 11) is 0. The van der Waals surface area contributed by atoms with Crippen molar-refractivity contribution in [1.29, 1.82) is 0 Å². The number of benzene rings is 1. The van der Waals surface area contributed by atoms with Crippen molar-refractivity contribution in [2.75, 3.05) is 36.4 Å². The zero-order chi connectivity index (χ0) is 16.2. The zero-order valence-electron chi connectivity index (χ0n) is 13.7. The lowest BCUT2D eigenvalue weighted by atomic mass is 10.2. The summed E-state index contributed by atoms with van der Waals surface area (Å²) in [6, 6.07) is 12.4. The predicted octanol–water partition coefficient (Wildman–Crippen LogP) is 1.35. The number of piperazine rings is 1. The molecule has 120 valence electrons. The minimum Gasteiger partial charge on any atom is -0.365 e. The number of hydrogen-bond acceptors (Lipinski definition) is 3. The van der Waals surface area contributed by atoms with E-state index in [1.807, 2.05) is 26.0 Å². The van der Waals surface area contributed by atoms with Gasteiger partial charge in [0.15, 0.2) is 0 Å². The molecule has 0 radical (unpaired) electrons. The highest BCUT2D eigenvalue weighted by atomic mass is 15.3. The van der Waals surface area contributed by atoms with E-state index >= 15 is 0 Å². The Labute approximate surface area is 136 Å². The van der Waals surface area contributed by atoms with E-state index in [0.717, 1.165) is 37.6 Å². The summed E-state index contributed by atoms with van der Waals surface area (Å²) in [4.78, 5) is 11.1. The summed E-state index contributed by atoms with van der Waals surface area (Å²) in [6.07, 6.45) is 0. The molecule has 0 unspecified atom stereocenters. The van der Waals surface area contributed by atoms with E-state index in [1.165, 1.54) is 5.69 Å². The molecule has 3 N–H and O–H groups in total. The molecule has 1 fully saturated rings. The number of nitrogens with zero attached hydrogens (tertiary/aromatic N) is 4. The van der Waals surface area contributed by atoms with Gasteiger partial charge >= 0.3 is 5.96 Å². The fourth-order valence-electron chi connectivity index (χ4n) is 2.82. The second-order valence-corrected chi connectivity index (χ2v) is 5.79. The Bertz CT molecular complexity index is 680. The zero-order valence-corrected chi connectivity index (χ0v) is 13.7. The number of aryl methyl sites for hydroxylation is 2. The molecule has 2 heterocycles. The molecule has 3 rings (SSSR count). The average Bonchev–Trinajstić information content (AvgIpc) is 2.55. The third kappa shape index (κ3) is 3.77. The quantitative estimate of drug-likeness (QED) is 0.647. The fraction of sp³-hybridized carbons (Fsp3) is 0.353. The molecule has 0 atom stereocenters. The lowest BCUT2D eigenvalue weighted by Gasteiger charge is -2.30. The van der Waals surface area contributed by atoms with E-state index < -0.39 is 0 Å². The first-order valence-electron chi connectivity index (χ1n) is 7.88. The number of para-hydroxylation sites is 1. The van der Waals surface area contributed by atoms with Gasteiger partial charge in [0.05, 0.1) is 13.1 Å². The van der Waals surface area contributed by atoms with Crippen LogP contribution in [0, 0.1) is 13.8 Å². The van der Waals surface area contributed by atoms with Crippen LogP contribution in [0.3, 0.4) is 0 Å². The third-order valence-corrected chi connectivity index (χ3v) is 3.96. The van der Waals surface area contributed by atoms with Crippen LogP contribution in [0.25, 0.3) is 0 Å². The van der Waals surface area contributed by atoms with Gasteiger partial charge in [-0.05, 0) is 32.0 Å². The second kappa shape index (κ2) is 6.64. The highest BCUT2D eigenvalue weighted by Crippen LogP contribution is 2.14. The Morgan fingerprint density at radius 1 is 1.09 bits per heavy atom. The summed E-state index contributed by atoms with van der Waals surface area (Å²) >= 11 is 0. The molecule has 6 nitrogen and oxygen atoms in total. The van der Waals surface area contributed by atoms with Crippen LogP contribution in [-0.2, 0) is 0 Å². The van der Waals surface area contributed by atoms with Gasteiger partial charge in [-0.1, -0.05) is 18.2 Å². The van der Waals surface area contributed by atoms with Crippen LogP contribution in [0.4, 0.5) is 11.6 Å². The molecule has 6 heteroatoms. The summed E-state index contributed by atoms with van der Waals surface area (Å²) in [5, 5.41) is 3.13. The number of hydrogen-bond donors (Lipinski definition) is 2. The van der Waals surface area contributed by atoms with E-state index in [-0.39, 0.29) is 0 Å². The first-order valence-corrected chi connectivity index (χ1v) is 7.88. The number of nitrogens with two attached hydrogens (primary N) is 1. The van der Waals surface area contributed by atoms with Crippen molar-refractivity contribution in [3.63, 3.8) is 0 Å². The molecule has 23 heavy (non-hydrogen) atoms. The summed E-state index contributed by atoms with van der Waals surface area (Å²) < 4.78 is 2.14. The van der Waals surface area contributed by atoms with Gasteiger partial charge in [-0.2, -0.15) is 0 Å². The van der Waals surface area contributed by atoms with Crippen LogP contribution >= 0.6 is 0 Å². The Morgan fingerprint density at radius 3 is 2.30 bits per heavy atom. The van der Waals surface area contributed by atoms with Gasteiger partial charge in [-0.25, -0.2) is 15.3 Å². The highest BCUT2D eigenvalue weighted by Gasteiger charge is 2.19. The fourth-order valence-corrected chi connectivity index (χ4v) is 2.82. The van der Waals surface area contributed by atoms with Crippen LogP contribution in [-0.4, -0.2) is 46.7 Å². The van der Waals surface area contributed by atoms with Gasteiger partial charge in [0.2, 0.25) is 0 Å². The van der Waals surface area contributed by atoms with Crippen LogP contribution < -0.4 is 16.0 Å².